The van der Waals surface area contributed by atoms with Gasteiger partial charge in [-0.05, 0) is 61.4 Å². The van der Waals surface area contributed by atoms with Gasteiger partial charge in [0.1, 0.15) is 12.1 Å². The Hall–Kier alpha value is -2.97. The minimum absolute atomic E-state index is 0.0154. The predicted molar refractivity (Wildman–Crippen MR) is 97.2 cm³/mol. The number of nitrogens with zero attached hydrogens (tertiary/aromatic N) is 5. The zero-order valence-electron chi connectivity index (χ0n) is 15.5. The third-order valence-corrected chi connectivity index (χ3v) is 4.39. The molecule has 1 N–H and O–H groups in total. The SMILES string of the molecule is CC(C)NC(=O)C1CCCN(C(=O)COc2ccc(-n3cnnn3)cc2)C1. The highest BCUT2D eigenvalue weighted by Gasteiger charge is 2.28. The third kappa shape index (κ3) is 5.02. The quantitative estimate of drug-likeness (QED) is 0.805. The molecule has 1 atom stereocenters. The van der Waals surface area contributed by atoms with Crippen molar-refractivity contribution in [2.24, 2.45) is 5.92 Å². The third-order valence-electron chi connectivity index (χ3n) is 4.39. The largest absolute Gasteiger partial charge is 0.484 e. The second-order valence-corrected chi connectivity index (χ2v) is 6.88. The lowest BCUT2D eigenvalue weighted by Gasteiger charge is -2.32. The van der Waals surface area contributed by atoms with Gasteiger partial charge in [0.05, 0.1) is 11.6 Å². The molecular formula is C18H24N6O3. The first-order valence-corrected chi connectivity index (χ1v) is 9.07. The van der Waals surface area contributed by atoms with Gasteiger partial charge in [0.15, 0.2) is 6.61 Å². The van der Waals surface area contributed by atoms with Gasteiger partial charge in [0.2, 0.25) is 5.91 Å². The summed E-state index contributed by atoms with van der Waals surface area (Å²) in [6.45, 7) is 4.91. The molecule has 0 radical (unpaired) electrons. The molecule has 0 saturated carbocycles. The van der Waals surface area contributed by atoms with Crippen molar-refractivity contribution in [2.45, 2.75) is 32.7 Å². The highest BCUT2D eigenvalue weighted by molar-refractivity contribution is 5.82. The van der Waals surface area contributed by atoms with E-state index in [1.807, 2.05) is 26.0 Å². The average Bonchev–Trinajstić information content (AvgIpc) is 3.21. The van der Waals surface area contributed by atoms with E-state index in [4.69, 9.17) is 4.74 Å². The number of ether oxygens (including phenoxy) is 1. The number of hydrogen-bond acceptors (Lipinski definition) is 6. The molecule has 2 heterocycles. The normalized spacial score (nSPS) is 17.0. The Kier molecular flexibility index (Phi) is 6.00. The highest BCUT2D eigenvalue weighted by atomic mass is 16.5. The molecule has 2 aromatic rings. The number of carbonyl (C=O) groups is 2. The molecule has 0 spiro atoms. The van der Waals surface area contributed by atoms with Crippen LogP contribution in [0.15, 0.2) is 30.6 Å². The molecule has 1 aliphatic heterocycles. The van der Waals surface area contributed by atoms with E-state index in [2.05, 4.69) is 20.8 Å². The van der Waals surface area contributed by atoms with Crippen molar-refractivity contribution < 1.29 is 14.3 Å². The summed E-state index contributed by atoms with van der Waals surface area (Å²) in [5.41, 5.74) is 0.800. The van der Waals surface area contributed by atoms with Crippen LogP contribution in [-0.2, 0) is 9.59 Å². The summed E-state index contributed by atoms with van der Waals surface area (Å²) in [5, 5.41) is 13.9. The van der Waals surface area contributed by atoms with Gasteiger partial charge in [-0.15, -0.1) is 5.10 Å². The Bertz CT molecular complexity index is 760. The lowest BCUT2D eigenvalue weighted by atomic mass is 9.97. The minimum Gasteiger partial charge on any atom is -0.484 e. The van der Waals surface area contributed by atoms with E-state index in [0.717, 1.165) is 18.5 Å². The molecule has 1 aliphatic rings. The monoisotopic (exact) mass is 372 g/mol. The number of hydrogen-bond donors (Lipinski definition) is 1. The summed E-state index contributed by atoms with van der Waals surface area (Å²) in [7, 11) is 0. The maximum absolute atomic E-state index is 12.5. The minimum atomic E-state index is -0.152. The maximum Gasteiger partial charge on any atom is 0.260 e. The van der Waals surface area contributed by atoms with E-state index in [9.17, 15) is 9.59 Å². The van der Waals surface area contributed by atoms with Gasteiger partial charge >= 0.3 is 0 Å². The predicted octanol–water partition coefficient (Wildman–Crippen LogP) is 0.804. The Balaban J connectivity index is 1.50. The lowest BCUT2D eigenvalue weighted by Crippen LogP contribution is -2.47. The Morgan fingerprint density at radius 3 is 2.74 bits per heavy atom. The first kappa shape index (κ1) is 18.8. The van der Waals surface area contributed by atoms with Gasteiger partial charge in [-0.1, -0.05) is 0 Å². The van der Waals surface area contributed by atoms with Crippen molar-refractivity contribution in [3.8, 4) is 11.4 Å². The van der Waals surface area contributed by atoms with Gasteiger partial charge < -0.3 is 15.0 Å². The van der Waals surface area contributed by atoms with Crippen LogP contribution in [0.3, 0.4) is 0 Å². The first-order valence-electron chi connectivity index (χ1n) is 9.07. The Labute approximate surface area is 157 Å². The number of piperidine rings is 1. The molecular weight excluding hydrogens is 348 g/mol. The van der Waals surface area contributed by atoms with Crippen molar-refractivity contribution in [1.29, 1.82) is 0 Å². The fourth-order valence-electron chi connectivity index (χ4n) is 3.03. The summed E-state index contributed by atoms with van der Waals surface area (Å²) >= 11 is 0. The van der Waals surface area contributed by atoms with Crippen LogP contribution < -0.4 is 10.1 Å². The zero-order chi connectivity index (χ0) is 19.2. The molecule has 1 aromatic heterocycles. The van der Waals surface area contributed by atoms with E-state index < -0.39 is 0 Å². The van der Waals surface area contributed by atoms with Gasteiger partial charge in [0, 0.05) is 19.1 Å². The second kappa shape index (κ2) is 8.61. The fourth-order valence-corrected chi connectivity index (χ4v) is 3.03. The first-order chi connectivity index (χ1) is 13.0. The number of nitrogens with one attached hydrogen (secondary N) is 1. The second-order valence-electron chi connectivity index (χ2n) is 6.88. The van der Waals surface area contributed by atoms with E-state index in [1.165, 1.54) is 11.0 Å². The number of carbonyl (C=O) groups excluding carboxylic acids is 2. The lowest BCUT2D eigenvalue weighted by molar-refractivity contribution is -0.137. The Morgan fingerprint density at radius 2 is 2.07 bits per heavy atom. The van der Waals surface area contributed by atoms with E-state index in [0.29, 0.717) is 18.8 Å². The maximum atomic E-state index is 12.5. The van der Waals surface area contributed by atoms with E-state index >= 15 is 0 Å². The molecule has 0 bridgehead atoms. The van der Waals surface area contributed by atoms with Crippen molar-refractivity contribution in [2.75, 3.05) is 19.7 Å². The number of amides is 2. The zero-order valence-corrected chi connectivity index (χ0v) is 15.5. The fraction of sp³-hybridized carbons (Fsp3) is 0.500. The summed E-state index contributed by atoms with van der Waals surface area (Å²) in [4.78, 5) is 26.4. The van der Waals surface area contributed by atoms with Gasteiger partial charge in [-0.25, -0.2) is 4.68 Å². The number of aromatic nitrogens is 4. The topological polar surface area (TPSA) is 102 Å². The molecule has 9 heteroatoms. The van der Waals surface area contributed by atoms with Gasteiger partial charge in [-0.3, -0.25) is 9.59 Å². The Morgan fingerprint density at radius 1 is 1.30 bits per heavy atom. The van der Waals surface area contributed by atoms with Crippen molar-refractivity contribution in [1.82, 2.24) is 30.4 Å². The molecule has 1 saturated heterocycles. The summed E-state index contributed by atoms with van der Waals surface area (Å²) in [6.07, 6.45) is 3.13. The van der Waals surface area contributed by atoms with Crippen LogP contribution in [0, 0.1) is 5.92 Å². The van der Waals surface area contributed by atoms with Crippen LogP contribution in [0.25, 0.3) is 5.69 Å². The molecule has 1 aromatic carbocycles. The molecule has 2 amide bonds. The van der Waals surface area contributed by atoms with Crippen LogP contribution in [0.5, 0.6) is 5.75 Å². The van der Waals surface area contributed by atoms with Crippen molar-refractivity contribution >= 4 is 11.8 Å². The summed E-state index contributed by atoms with van der Waals surface area (Å²) in [6, 6.07) is 7.24. The molecule has 144 valence electrons. The number of tetrazole rings is 1. The molecule has 0 aliphatic carbocycles. The van der Waals surface area contributed by atoms with Gasteiger partial charge in [-0.2, -0.15) is 0 Å². The highest BCUT2D eigenvalue weighted by Crippen LogP contribution is 2.18. The number of likely N-dealkylation sites (tertiary alicyclic amines) is 1. The molecule has 1 fully saturated rings. The average molecular weight is 372 g/mol. The van der Waals surface area contributed by atoms with Crippen LogP contribution in [-0.4, -0.2) is 62.7 Å². The summed E-state index contributed by atoms with van der Waals surface area (Å²) in [5.74, 6) is 0.343. The number of rotatable bonds is 6. The van der Waals surface area contributed by atoms with Crippen LogP contribution >= 0.6 is 0 Å². The van der Waals surface area contributed by atoms with E-state index in [1.54, 1.807) is 17.0 Å². The molecule has 9 nitrogen and oxygen atoms in total. The van der Waals surface area contributed by atoms with Gasteiger partial charge in [0.25, 0.3) is 5.91 Å². The van der Waals surface area contributed by atoms with E-state index in [-0.39, 0.29) is 30.4 Å². The van der Waals surface area contributed by atoms with Crippen molar-refractivity contribution in [3.05, 3.63) is 30.6 Å². The van der Waals surface area contributed by atoms with Crippen LogP contribution in [0.4, 0.5) is 0 Å². The van der Waals surface area contributed by atoms with Crippen LogP contribution in [0.2, 0.25) is 0 Å². The molecule has 1 unspecified atom stereocenters. The smallest absolute Gasteiger partial charge is 0.260 e. The van der Waals surface area contributed by atoms with Crippen molar-refractivity contribution in [3.63, 3.8) is 0 Å². The number of benzene rings is 1. The van der Waals surface area contributed by atoms with Crippen LogP contribution in [0.1, 0.15) is 26.7 Å². The summed E-state index contributed by atoms with van der Waals surface area (Å²) < 4.78 is 7.13. The molecule has 3 rings (SSSR count). The molecule has 27 heavy (non-hydrogen) atoms. The standard InChI is InChI=1S/C18H24N6O3/c1-13(2)20-18(26)14-4-3-9-23(10-14)17(25)11-27-16-7-5-15(6-8-16)24-12-19-21-22-24/h5-8,12-14H,3-4,9-11H2,1-2H3,(H,20,26).